The van der Waals surface area contributed by atoms with Gasteiger partial charge in [0.2, 0.25) is 0 Å². The van der Waals surface area contributed by atoms with Gasteiger partial charge in [-0.1, -0.05) is 12.1 Å². The summed E-state index contributed by atoms with van der Waals surface area (Å²) in [6.45, 7) is 3.63. The lowest BCUT2D eigenvalue weighted by molar-refractivity contribution is 0.102. The summed E-state index contributed by atoms with van der Waals surface area (Å²) < 4.78 is 0. The van der Waals surface area contributed by atoms with Crippen LogP contribution in [-0.4, -0.2) is 26.1 Å². The zero-order valence-electron chi connectivity index (χ0n) is 11.8. The maximum absolute atomic E-state index is 12.2. The monoisotopic (exact) mass is 281 g/mol. The van der Waals surface area contributed by atoms with E-state index in [0.717, 1.165) is 22.6 Å². The molecular formula is C15H15N5O. The average molecular weight is 281 g/mol. The van der Waals surface area contributed by atoms with Crippen molar-refractivity contribution in [2.45, 2.75) is 13.8 Å². The summed E-state index contributed by atoms with van der Waals surface area (Å²) in [6, 6.07) is 7.58. The van der Waals surface area contributed by atoms with Crippen LogP contribution in [0, 0.1) is 13.8 Å². The number of benzene rings is 1. The standard InChI is InChI=1S/C15H15N5O/c1-9-14(10(2)20-19-9)15(21)18-12-5-3-11(4-6-12)13-7-16-8-17-13/h3-8H,1-2H3,(H,16,17)(H,18,21)(H,19,20). The molecule has 0 unspecified atom stereocenters. The number of hydrogen-bond acceptors (Lipinski definition) is 3. The number of rotatable bonds is 3. The first-order valence-corrected chi connectivity index (χ1v) is 6.57. The molecule has 0 saturated carbocycles. The zero-order valence-corrected chi connectivity index (χ0v) is 11.8. The molecule has 3 aromatic rings. The molecule has 0 atom stereocenters. The third-order valence-corrected chi connectivity index (χ3v) is 3.31. The van der Waals surface area contributed by atoms with Crippen molar-refractivity contribution in [3.05, 3.63) is 53.7 Å². The molecule has 21 heavy (non-hydrogen) atoms. The van der Waals surface area contributed by atoms with Gasteiger partial charge in [0.1, 0.15) is 0 Å². The van der Waals surface area contributed by atoms with Gasteiger partial charge in [-0.3, -0.25) is 9.89 Å². The number of hydrogen-bond donors (Lipinski definition) is 3. The van der Waals surface area contributed by atoms with E-state index in [1.807, 2.05) is 31.2 Å². The minimum atomic E-state index is -0.159. The molecule has 106 valence electrons. The smallest absolute Gasteiger partial charge is 0.259 e. The predicted molar refractivity (Wildman–Crippen MR) is 80.0 cm³/mol. The molecule has 6 nitrogen and oxygen atoms in total. The van der Waals surface area contributed by atoms with Gasteiger partial charge in [-0.2, -0.15) is 5.10 Å². The molecule has 1 aromatic carbocycles. The Kier molecular flexibility index (Phi) is 3.27. The van der Waals surface area contributed by atoms with E-state index in [0.29, 0.717) is 11.3 Å². The first-order chi connectivity index (χ1) is 10.1. The van der Waals surface area contributed by atoms with Crippen molar-refractivity contribution in [3.8, 4) is 11.3 Å². The molecule has 1 amide bonds. The van der Waals surface area contributed by atoms with Gasteiger partial charge in [-0.15, -0.1) is 0 Å². The Labute approximate surface area is 121 Å². The van der Waals surface area contributed by atoms with E-state index in [1.165, 1.54) is 0 Å². The van der Waals surface area contributed by atoms with E-state index >= 15 is 0 Å². The van der Waals surface area contributed by atoms with Crippen molar-refractivity contribution >= 4 is 11.6 Å². The molecule has 0 spiro atoms. The number of aromatic amines is 2. The fraction of sp³-hybridized carbons (Fsp3) is 0.133. The van der Waals surface area contributed by atoms with Crippen LogP contribution in [0.25, 0.3) is 11.3 Å². The van der Waals surface area contributed by atoms with Gasteiger partial charge in [0.15, 0.2) is 0 Å². The van der Waals surface area contributed by atoms with Crippen LogP contribution in [0.5, 0.6) is 0 Å². The second-order valence-corrected chi connectivity index (χ2v) is 4.81. The van der Waals surface area contributed by atoms with E-state index in [2.05, 4.69) is 25.5 Å². The Bertz CT molecular complexity index is 736. The number of nitrogens with one attached hydrogen (secondary N) is 3. The van der Waals surface area contributed by atoms with Crippen LogP contribution in [0.3, 0.4) is 0 Å². The SMILES string of the molecule is Cc1n[nH]c(C)c1C(=O)Nc1ccc(-c2cnc[nH]2)cc1. The van der Waals surface area contributed by atoms with Crippen molar-refractivity contribution in [1.82, 2.24) is 20.2 Å². The van der Waals surface area contributed by atoms with Crippen molar-refractivity contribution in [3.63, 3.8) is 0 Å². The maximum Gasteiger partial charge on any atom is 0.259 e. The number of aryl methyl sites for hydroxylation is 2. The van der Waals surface area contributed by atoms with E-state index in [9.17, 15) is 4.79 Å². The number of imidazole rings is 1. The quantitative estimate of drug-likeness (QED) is 0.689. The number of nitrogens with zero attached hydrogens (tertiary/aromatic N) is 2. The molecule has 0 fully saturated rings. The zero-order chi connectivity index (χ0) is 14.8. The molecule has 0 aliphatic carbocycles. The number of aromatic nitrogens is 4. The van der Waals surface area contributed by atoms with Crippen molar-refractivity contribution in [2.75, 3.05) is 5.32 Å². The van der Waals surface area contributed by atoms with E-state index in [1.54, 1.807) is 19.4 Å². The first kappa shape index (κ1) is 13.1. The summed E-state index contributed by atoms with van der Waals surface area (Å²) in [5.74, 6) is -0.159. The Morgan fingerprint density at radius 3 is 2.52 bits per heavy atom. The van der Waals surface area contributed by atoms with Crippen molar-refractivity contribution in [2.24, 2.45) is 0 Å². The van der Waals surface area contributed by atoms with E-state index in [4.69, 9.17) is 0 Å². The summed E-state index contributed by atoms with van der Waals surface area (Å²) in [7, 11) is 0. The summed E-state index contributed by atoms with van der Waals surface area (Å²) >= 11 is 0. The molecule has 3 rings (SSSR count). The lowest BCUT2D eigenvalue weighted by Crippen LogP contribution is -2.13. The number of H-pyrrole nitrogens is 2. The molecule has 0 saturated heterocycles. The van der Waals surface area contributed by atoms with Crippen molar-refractivity contribution < 1.29 is 4.79 Å². The third kappa shape index (κ3) is 2.55. The van der Waals surface area contributed by atoms with Gasteiger partial charge in [-0.05, 0) is 31.5 Å². The van der Waals surface area contributed by atoms with Gasteiger partial charge in [0, 0.05) is 11.4 Å². The molecule has 6 heteroatoms. The van der Waals surface area contributed by atoms with E-state index < -0.39 is 0 Å². The predicted octanol–water partition coefficient (Wildman–Crippen LogP) is 2.67. The first-order valence-electron chi connectivity index (χ1n) is 6.57. The molecule has 0 bridgehead atoms. The lowest BCUT2D eigenvalue weighted by Gasteiger charge is -2.06. The molecule has 0 aliphatic heterocycles. The molecule has 0 aliphatic rings. The number of carbonyl (C=O) groups excluding carboxylic acids is 1. The number of anilines is 1. The fourth-order valence-electron chi connectivity index (χ4n) is 2.23. The summed E-state index contributed by atoms with van der Waals surface area (Å²) in [4.78, 5) is 19.3. The van der Waals surface area contributed by atoms with Gasteiger partial charge >= 0.3 is 0 Å². The Balaban J connectivity index is 1.78. The highest BCUT2D eigenvalue weighted by Gasteiger charge is 2.15. The molecule has 3 N–H and O–H groups in total. The maximum atomic E-state index is 12.2. The van der Waals surface area contributed by atoms with Gasteiger partial charge < -0.3 is 10.3 Å². The van der Waals surface area contributed by atoms with E-state index in [-0.39, 0.29) is 5.91 Å². The van der Waals surface area contributed by atoms with Gasteiger partial charge in [0.05, 0.1) is 29.5 Å². The molecule has 0 radical (unpaired) electrons. The Morgan fingerprint density at radius 2 is 1.95 bits per heavy atom. The topological polar surface area (TPSA) is 86.5 Å². The van der Waals surface area contributed by atoms with Crippen LogP contribution < -0.4 is 5.32 Å². The largest absolute Gasteiger partial charge is 0.345 e. The minimum Gasteiger partial charge on any atom is -0.345 e. The highest BCUT2D eigenvalue weighted by atomic mass is 16.1. The summed E-state index contributed by atoms with van der Waals surface area (Å²) in [5, 5.41) is 9.71. The highest BCUT2D eigenvalue weighted by molar-refractivity contribution is 6.05. The Morgan fingerprint density at radius 1 is 1.19 bits per heavy atom. The van der Waals surface area contributed by atoms with Gasteiger partial charge in [0.25, 0.3) is 5.91 Å². The van der Waals surface area contributed by atoms with Crippen LogP contribution >= 0.6 is 0 Å². The summed E-state index contributed by atoms with van der Waals surface area (Å²) in [6.07, 6.45) is 3.39. The second-order valence-electron chi connectivity index (χ2n) is 4.81. The minimum absolute atomic E-state index is 0.159. The van der Waals surface area contributed by atoms with Crippen LogP contribution in [-0.2, 0) is 0 Å². The van der Waals surface area contributed by atoms with Gasteiger partial charge in [-0.25, -0.2) is 4.98 Å². The highest BCUT2D eigenvalue weighted by Crippen LogP contribution is 2.20. The average Bonchev–Trinajstić information content (AvgIpc) is 3.10. The number of amides is 1. The van der Waals surface area contributed by atoms with Crippen LogP contribution in [0.4, 0.5) is 5.69 Å². The van der Waals surface area contributed by atoms with Crippen molar-refractivity contribution in [1.29, 1.82) is 0 Å². The lowest BCUT2D eigenvalue weighted by atomic mass is 10.1. The molecule has 2 heterocycles. The Hall–Kier alpha value is -2.89. The third-order valence-electron chi connectivity index (χ3n) is 3.31. The van der Waals surface area contributed by atoms with Crippen LogP contribution in [0.1, 0.15) is 21.7 Å². The molecular weight excluding hydrogens is 266 g/mol. The van der Waals surface area contributed by atoms with Crippen LogP contribution in [0.2, 0.25) is 0 Å². The molecule has 2 aromatic heterocycles. The second kappa shape index (κ2) is 5.24. The summed E-state index contributed by atoms with van der Waals surface area (Å²) in [5.41, 5.74) is 4.74. The number of carbonyl (C=O) groups is 1. The fourth-order valence-corrected chi connectivity index (χ4v) is 2.23. The van der Waals surface area contributed by atoms with Crippen LogP contribution in [0.15, 0.2) is 36.8 Å². The normalized spacial score (nSPS) is 10.6.